The molecule has 0 aliphatic carbocycles. The van der Waals surface area contributed by atoms with Crippen LogP contribution in [0.25, 0.3) is 0 Å². The standard InChI is InChI=1S/C19H26N4O2/c1-4-20-19(22-14-16-6-5-7-18(23-16)24-3)21-12-13-25-17-10-8-15(2)9-11-17/h5-11H,4,12-14H2,1-3H3,(H2,20,21,22). The molecule has 0 bridgehead atoms. The number of benzene rings is 1. The molecule has 1 heterocycles. The van der Waals surface area contributed by atoms with Gasteiger partial charge in [-0.1, -0.05) is 23.8 Å². The van der Waals surface area contributed by atoms with Gasteiger partial charge in [0.1, 0.15) is 12.4 Å². The van der Waals surface area contributed by atoms with E-state index in [9.17, 15) is 0 Å². The van der Waals surface area contributed by atoms with E-state index in [1.165, 1.54) is 5.56 Å². The van der Waals surface area contributed by atoms with Crippen molar-refractivity contribution in [3.05, 3.63) is 53.7 Å². The second-order valence-electron chi connectivity index (χ2n) is 5.45. The van der Waals surface area contributed by atoms with E-state index in [4.69, 9.17) is 9.47 Å². The zero-order valence-corrected chi connectivity index (χ0v) is 15.1. The summed E-state index contributed by atoms with van der Waals surface area (Å²) in [6.45, 7) is 6.57. The minimum absolute atomic E-state index is 0.478. The van der Waals surface area contributed by atoms with E-state index in [0.29, 0.717) is 25.6 Å². The number of pyridine rings is 1. The zero-order chi connectivity index (χ0) is 17.9. The van der Waals surface area contributed by atoms with Crippen molar-refractivity contribution in [2.24, 2.45) is 4.99 Å². The van der Waals surface area contributed by atoms with Crippen molar-refractivity contribution < 1.29 is 9.47 Å². The topological polar surface area (TPSA) is 67.8 Å². The number of ether oxygens (including phenoxy) is 2. The Kier molecular flexibility index (Phi) is 7.56. The van der Waals surface area contributed by atoms with E-state index in [-0.39, 0.29) is 0 Å². The minimum Gasteiger partial charge on any atom is -0.492 e. The summed E-state index contributed by atoms with van der Waals surface area (Å²) in [6.07, 6.45) is 0. The molecule has 2 rings (SSSR count). The van der Waals surface area contributed by atoms with Gasteiger partial charge >= 0.3 is 0 Å². The number of rotatable bonds is 8. The largest absolute Gasteiger partial charge is 0.492 e. The Balaban J connectivity index is 1.81. The highest BCUT2D eigenvalue weighted by molar-refractivity contribution is 5.79. The quantitative estimate of drug-likeness (QED) is 0.438. The maximum Gasteiger partial charge on any atom is 0.213 e. The molecule has 2 N–H and O–H groups in total. The highest BCUT2D eigenvalue weighted by Crippen LogP contribution is 2.10. The molecule has 134 valence electrons. The van der Waals surface area contributed by atoms with Gasteiger partial charge in [0.15, 0.2) is 5.96 Å². The summed E-state index contributed by atoms with van der Waals surface area (Å²) < 4.78 is 10.8. The summed E-state index contributed by atoms with van der Waals surface area (Å²) in [7, 11) is 1.61. The van der Waals surface area contributed by atoms with Crippen molar-refractivity contribution in [3.63, 3.8) is 0 Å². The van der Waals surface area contributed by atoms with Crippen LogP contribution in [-0.2, 0) is 6.54 Å². The number of guanidine groups is 1. The summed E-state index contributed by atoms with van der Waals surface area (Å²) in [4.78, 5) is 8.89. The van der Waals surface area contributed by atoms with E-state index in [1.807, 2.05) is 49.4 Å². The third-order valence-corrected chi connectivity index (χ3v) is 3.42. The number of aryl methyl sites for hydroxylation is 1. The van der Waals surface area contributed by atoms with Gasteiger partial charge in [0, 0.05) is 12.6 Å². The predicted octanol–water partition coefficient (Wildman–Crippen LogP) is 2.53. The number of aliphatic imine (C=N–C) groups is 1. The summed E-state index contributed by atoms with van der Waals surface area (Å²) in [6, 6.07) is 13.7. The molecule has 0 aliphatic heterocycles. The maximum absolute atomic E-state index is 5.71. The Labute approximate surface area is 149 Å². The molecule has 0 amide bonds. The smallest absolute Gasteiger partial charge is 0.213 e. The molecule has 0 spiro atoms. The molecule has 0 saturated carbocycles. The molecule has 0 aliphatic rings. The molecular formula is C19H26N4O2. The first-order valence-corrected chi connectivity index (χ1v) is 8.43. The van der Waals surface area contributed by atoms with Gasteiger partial charge in [0.25, 0.3) is 0 Å². The number of methoxy groups -OCH3 is 1. The molecule has 1 aromatic carbocycles. The third kappa shape index (κ3) is 6.71. The Morgan fingerprint density at radius 3 is 2.64 bits per heavy atom. The fraction of sp³-hybridized carbons (Fsp3) is 0.368. The minimum atomic E-state index is 0.478. The van der Waals surface area contributed by atoms with E-state index >= 15 is 0 Å². The fourth-order valence-corrected chi connectivity index (χ4v) is 2.13. The first kappa shape index (κ1) is 18.6. The normalized spacial score (nSPS) is 11.1. The SMILES string of the molecule is CCNC(=NCc1cccc(OC)n1)NCCOc1ccc(C)cc1. The average molecular weight is 342 g/mol. The Morgan fingerprint density at radius 2 is 1.92 bits per heavy atom. The van der Waals surface area contributed by atoms with Crippen LogP contribution in [0.5, 0.6) is 11.6 Å². The third-order valence-electron chi connectivity index (χ3n) is 3.42. The lowest BCUT2D eigenvalue weighted by molar-refractivity contribution is 0.322. The lowest BCUT2D eigenvalue weighted by Gasteiger charge is -2.12. The van der Waals surface area contributed by atoms with Crippen molar-refractivity contribution >= 4 is 5.96 Å². The molecular weight excluding hydrogens is 316 g/mol. The average Bonchev–Trinajstić information content (AvgIpc) is 2.64. The van der Waals surface area contributed by atoms with Crippen LogP contribution in [0.15, 0.2) is 47.5 Å². The van der Waals surface area contributed by atoms with Crippen molar-refractivity contribution in [2.75, 3.05) is 26.8 Å². The van der Waals surface area contributed by atoms with Crippen LogP contribution in [0.4, 0.5) is 0 Å². The molecule has 0 atom stereocenters. The van der Waals surface area contributed by atoms with Gasteiger partial charge in [-0.15, -0.1) is 0 Å². The summed E-state index contributed by atoms with van der Waals surface area (Å²) in [5.41, 5.74) is 2.07. The first-order valence-electron chi connectivity index (χ1n) is 8.43. The highest BCUT2D eigenvalue weighted by Gasteiger charge is 2.00. The molecule has 6 nitrogen and oxygen atoms in total. The molecule has 0 fully saturated rings. The second-order valence-corrected chi connectivity index (χ2v) is 5.45. The maximum atomic E-state index is 5.71. The molecule has 2 aromatic rings. The van der Waals surface area contributed by atoms with Gasteiger partial charge in [0.05, 0.1) is 25.9 Å². The van der Waals surface area contributed by atoms with Gasteiger partial charge in [-0.25, -0.2) is 9.98 Å². The van der Waals surface area contributed by atoms with Crippen molar-refractivity contribution in [1.29, 1.82) is 0 Å². The van der Waals surface area contributed by atoms with E-state index in [2.05, 4.69) is 27.5 Å². The van der Waals surface area contributed by atoms with E-state index in [1.54, 1.807) is 7.11 Å². The van der Waals surface area contributed by atoms with Crippen molar-refractivity contribution in [1.82, 2.24) is 15.6 Å². The van der Waals surface area contributed by atoms with Gasteiger partial charge < -0.3 is 20.1 Å². The highest BCUT2D eigenvalue weighted by atomic mass is 16.5. The van der Waals surface area contributed by atoms with Gasteiger partial charge in [-0.05, 0) is 32.0 Å². The van der Waals surface area contributed by atoms with Crippen LogP contribution >= 0.6 is 0 Å². The number of hydrogen-bond acceptors (Lipinski definition) is 4. The number of nitrogens with zero attached hydrogens (tertiary/aromatic N) is 2. The lowest BCUT2D eigenvalue weighted by atomic mass is 10.2. The van der Waals surface area contributed by atoms with Crippen LogP contribution in [0.2, 0.25) is 0 Å². The van der Waals surface area contributed by atoms with Gasteiger partial charge in [-0.3, -0.25) is 0 Å². The van der Waals surface area contributed by atoms with E-state index < -0.39 is 0 Å². The number of hydrogen-bond donors (Lipinski definition) is 2. The van der Waals surface area contributed by atoms with Gasteiger partial charge in [-0.2, -0.15) is 0 Å². The van der Waals surface area contributed by atoms with E-state index in [0.717, 1.165) is 23.9 Å². The van der Waals surface area contributed by atoms with Crippen molar-refractivity contribution in [3.8, 4) is 11.6 Å². The molecule has 0 saturated heterocycles. The molecule has 0 unspecified atom stereocenters. The van der Waals surface area contributed by atoms with Crippen LogP contribution in [0, 0.1) is 6.92 Å². The summed E-state index contributed by atoms with van der Waals surface area (Å²) in [5.74, 6) is 2.20. The van der Waals surface area contributed by atoms with Crippen LogP contribution in [-0.4, -0.2) is 37.7 Å². The Bertz CT molecular complexity index is 671. The lowest BCUT2D eigenvalue weighted by Crippen LogP contribution is -2.39. The Hall–Kier alpha value is -2.76. The van der Waals surface area contributed by atoms with Crippen LogP contribution in [0.3, 0.4) is 0 Å². The summed E-state index contributed by atoms with van der Waals surface area (Å²) in [5, 5.41) is 6.47. The molecule has 0 radical (unpaired) electrons. The monoisotopic (exact) mass is 342 g/mol. The number of aromatic nitrogens is 1. The first-order chi connectivity index (χ1) is 12.2. The zero-order valence-electron chi connectivity index (χ0n) is 15.1. The fourth-order valence-electron chi connectivity index (χ4n) is 2.13. The summed E-state index contributed by atoms with van der Waals surface area (Å²) >= 11 is 0. The molecule has 1 aromatic heterocycles. The Morgan fingerprint density at radius 1 is 1.12 bits per heavy atom. The number of nitrogens with one attached hydrogen (secondary N) is 2. The van der Waals surface area contributed by atoms with Crippen LogP contribution < -0.4 is 20.1 Å². The predicted molar refractivity (Wildman–Crippen MR) is 100 cm³/mol. The van der Waals surface area contributed by atoms with Crippen molar-refractivity contribution in [2.45, 2.75) is 20.4 Å². The van der Waals surface area contributed by atoms with Crippen LogP contribution in [0.1, 0.15) is 18.2 Å². The van der Waals surface area contributed by atoms with Gasteiger partial charge in [0.2, 0.25) is 5.88 Å². The molecule has 25 heavy (non-hydrogen) atoms. The molecule has 6 heteroatoms. The second kappa shape index (κ2) is 10.2.